The molecule has 1 aromatic carbocycles. The van der Waals surface area contributed by atoms with Crippen LogP contribution in [0.15, 0.2) is 24.4 Å². The number of carbonyl (C=O) groups excluding carboxylic acids is 1. The van der Waals surface area contributed by atoms with Gasteiger partial charge in [-0.15, -0.1) is 11.3 Å². The minimum atomic E-state index is -0.500. The van der Waals surface area contributed by atoms with Gasteiger partial charge in [0, 0.05) is 37.6 Å². The van der Waals surface area contributed by atoms with Gasteiger partial charge in [-0.3, -0.25) is 10.2 Å². The number of hydrogen-bond acceptors (Lipinski definition) is 5. The lowest BCUT2D eigenvalue weighted by atomic mass is 9.80. The molecule has 2 heterocycles. The molecule has 0 spiro atoms. The first-order valence-corrected chi connectivity index (χ1v) is 8.88. The molecule has 5 nitrogen and oxygen atoms in total. The Hall–Kier alpha value is -2.28. The number of ether oxygens (including phenoxy) is 1. The number of amidine groups is 1. The van der Waals surface area contributed by atoms with E-state index in [0.717, 1.165) is 9.88 Å². The first-order valence-electron chi connectivity index (χ1n) is 8.06. The number of likely N-dealkylation sites (tertiary alicyclic amines) is 1. The molecule has 1 N–H and O–H groups in total. The standard InChI is InChI=1S/C18H20FN3O2S/c1-4-24-13-6-11(5-12(19)7-13)14-10-21-17(25-14)18(2)8-15(20)22(3)16(23)9-18/h5-7,10,20H,4,8-9H2,1-3H3/t18-/m0/s1. The van der Waals surface area contributed by atoms with E-state index in [4.69, 9.17) is 10.1 Å². The van der Waals surface area contributed by atoms with E-state index in [2.05, 4.69) is 4.98 Å². The summed E-state index contributed by atoms with van der Waals surface area (Å²) in [4.78, 5) is 18.8. The minimum Gasteiger partial charge on any atom is -0.494 e. The predicted octanol–water partition coefficient (Wildman–Crippen LogP) is 3.84. The molecular weight excluding hydrogens is 341 g/mol. The van der Waals surface area contributed by atoms with Gasteiger partial charge in [-0.05, 0) is 24.6 Å². The molecule has 0 saturated carbocycles. The fraction of sp³-hybridized carbons (Fsp3) is 0.389. The average molecular weight is 361 g/mol. The number of halogens is 1. The Morgan fingerprint density at radius 3 is 2.84 bits per heavy atom. The van der Waals surface area contributed by atoms with Crippen molar-refractivity contribution in [1.29, 1.82) is 5.41 Å². The van der Waals surface area contributed by atoms with Crippen molar-refractivity contribution in [2.45, 2.75) is 32.1 Å². The van der Waals surface area contributed by atoms with Crippen molar-refractivity contribution in [1.82, 2.24) is 9.88 Å². The van der Waals surface area contributed by atoms with Crippen molar-refractivity contribution in [3.05, 3.63) is 35.2 Å². The molecule has 7 heteroatoms. The molecule has 0 aliphatic carbocycles. The Balaban J connectivity index is 1.93. The smallest absolute Gasteiger partial charge is 0.228 e. The van der Waals surface area contributed by atoms with Crippen LogP contribution in [0.4, 0.5) is 4.39 Å². The van der Waals surface area contributed by atoms with Crippen LogP contribution >= 0.6 is 11.3 Å². The van der Waals surface area contributed by atoms with E-state index in [-0.39, 0.29) is 11.7 Å². The summed E-state index contributed by atoms with van der Waals surface area (Å²) in [6.07, 6.45) is 2.46. The Kier molecular flexibility index (Phi) is 4.60. The predicted molar refractivity (Wildman–Crippen MR) is 95.8 cm³/mol. The molecule has 0 unspecified atom stereocenters. The van der Waals surface area contributed by atoms with Gasteiger partial charge in [-0.1, -0.05) is 6.92 Å². The van der Waals surface area contributed by atoms with Gasteiger partial charge in [0.25, 0.3) is 0 Å². The third-order valence-corrected chi connectivity index (χ3v) is 5.72. The van der Waals surface area contributed by atoms with Crippen LogP contribution in [0.1, 0.15) is 31.7 Å². The molecule has 1 atom stereocenters. The zero-order valence-corrected chi connectivity index (χ0v) is 15.2. The van der Waals surface area contributed by atoms with E-state index in [0.29, 0.717) is 36.6 Å². The van der Waals surface area contributed by atoms with Gasteiger partial charge in [-0.2, -0.15) is 0 Å². The molecule has 0 radical (unpaired) electrons. The highest BCUT2D eigenvalue weighted by atomic mass is 32.1. The van der Waals surface area contributed by atoms with Crippen molar-refractivity contribution in [3.63, 3.8) is 0 Å². The van der Waals surface area contributed by atoms with E-state index < -0.39 is 5.41 Å². The first kappa shape index (κ1) is 17.5. The number of amides is 1. The summed E-state index contributed by atoms with van der Waals surface area (Å²) in [5.74, 6) is 0.327. The van der Waals surface area contributed by atoms with Crippen LogP contribution in [0.3, 0.4) is 0 Å². The number of thiazole rings is 1. The fourth-order valence-electron chi connectivity index (χ4n) is 2.95. The Labute approximate surface area is 150 Å². The van der Waals surface area contributed by atoms with Gasteiger partial charge in [0.05, 0.1) is 16.5 Å². The number of hydrogen-bond donors (Lipinski definition) is 1. The van der Waals surface area contributed by atoms with Crippen molar-refractivity contribution >= 4 is 23.1 Å². The number of rotatable bonds is 4. The topological polar surface area (TPSA) is 66.3 Å². The minimum absolute atomic E-state index is 0.0834. The number of carbonyl (C=O) groups is 1. The lowest BCUT2D eigenvalue weighted by Gasteiger charge is -2.36. The van der Waals surface area contributed by atoms with Crippen LogP contribution in [0.5, 0.6) is 5.75 Å². The van der Waals surface area contributed by atoms with E-state index in [1.54, 1.807) is 19.3 Å². The summed E-state index contributed by atoms with van der Waals surface area (Å²) >= 11 is 1.43. The molecule has 1 aromatic heterocycles. The lowest BCUT2D eigenvalue weighted by Crippen LogP contribution is -2.46. The van der Waals surface area contributed by atoms with Crippen molar-refractivity contribution in [2.75, 3.05) is 13.7 Å². The monoisotopic (exact) mass is 361 g/mol. The molecule has 1 amide bonds. The largest absolute Gasteiger partial charge is 0.494 e. The molecule has 1 aliphatic rings. The average Bonchev–Trinajstić information content (AvgIpc) is 3.03. The van der Waals surface area contributed by atoms with Crippen LogP contribution in [-0.4, -0.2) is 35.3 Å². The summed E-state index contributed by atoms with van der Waals surface area (Å²) in [5, 5.41) is 8.81. The zero-order valence-electron chi connectivity index (χ0n) is 14.4. The SMILES string of the molecule is CCOc1cc(F)cc(-c2cnc([C@@]3(C)CC(=N)N(C)C(=O)C3)s2)c1. The van der Waals surface area contributed by atoms with Crippen LogP contribution < -0.4 is 4.74 Å². The van der Waals surface area contributed by atoms with E-state index in [1.165, 1.54) is 28.4 Å². The van der Waals surface area contributed by atoms with Crippen LogP contribution in [0.2, 0.25) is 0 Å². The number of nitrogens with one attached hydrogen (secondary N) is 1. The van der Waals surface area contributed by atoms with Gasteiger partial charge in [0.2, 0.25) is 5.91 Å². The second-order valence-electron chi connectivity index (χ2n) is 6.45. The summed E-state index contributed by atoms with van der Waals surface area (Å²) < 4.78 is 19.2. The third kappa shape index (κ3) is 3.42. The summed E-state index contributed by atoms with van der Waals surface area (Å²) in [7, 11) is 1.62. The molecule has 25 heavy (non-hydrogen) atoms. The van der Waals surface area contributed by atoms with Gasteiger partial charge in [-0.25, -0.2) is 9.37 Å². The number of nitrogens with zero attached hydrogens (tertiary/aromatic N) is 2. The maximum absolute atomic E-state index is 13.8. The number of aromatic nitrogens is 1. The molecule has 2 aromatic rings. The maximum Gasteiger partial charge on any atom is 0.228 e. The van der Waals surface area contributed by atoms with Crippen molar-refractivity contribution < 1.29 is 13.9 Å². The van der Waals surface area contributed by atoms with Crippen LogP contribution in [0.25, 0.3) is 10.4 Å². The lowest BCUT2D eigenvalue weighted by molar-refractivity contribution is -0.128. The molecule has 3 rings (SSSR count). The summed E-state index contributed by atoms with van der Waals surface area (Å²) in [5.41, 5.74) is 0.199. The summed E-state index contributed by atoms with van der Waals surface area (Å²) in [6.45, 7) is 4.27. The van der Waals surface area contributed by atoms with Gasteiger partial charge >= 0.3 is 0 Å². The fourth-order valence-corrected chi connectivity index (χ4v) is 3.99. The quantitative estimate of drug-likeness (QED) is 0.900. The highest BCUT2D eigenvalue weighted by molar-refractivity contribution is 7.15. The van der Waals surface area contributed by atoms with Crippen LogP contribution in [-0.2, 0) is 10.2 Å². The first-order chi connectivity index (χ1) is 11.8. The normalized spacial score (nSPS) is 20.9. The third-order valence-electron chi connectivity index (χ3n) is 4.37. The Bertz CT molecular complexity index is 815. The molecule has 1 aliphatic heterocycles. The second kappa shape index (κ2) is 6.55. The molecule has 0 bridgehead atoms. The Morgan fingerprint density at radius 1 is 1.40 bits per heavy atom. The molecule has 1 saturated heterocycles. The van der Waals surface area contributed by atoms with Crippen molar-refractivity contribution in [2.24, 2.45) is 0 Å². The molecular formula is C18H20FN3O2S. The van der Waals surface area contributed by atoms with Crippen LogP contribution in [0, 0.1) is 11.2 Å². The Morgan fingerprint density at radius 2 is 2.16 bits per heavy atom. The second-order valence-corrected chi connectivity index (χ2v) is 7.48. The van der Waals surface area contributed by atoms with E-state index >= 15 is 0 Å². The summed E-state index contributed by atoms with van der Waals surface area (Å²) in [6, 6.07) is 4.59. The van der Waals surface area contributed by atoms with Crippen molar-refractivity contribution in [3.8, 4) is 16.2 Å². The molecule has 1 fully saturated rings. The molecule has 132 valence electrons. The van der Waals surface area contributed by atoms with Gasteiger partial charge in [0.1, 0.15) is 17.4 Å². The zero-order chi connectivity index (χ0) is 18.2. The van der Waals surface area contributed by atoms with E-state index in [9.17, 15) is 9.18 Å². The van der Waals surface area contributed by atoms with Gasteiger partial charge in [0.15, 0.2) is 0 Å². The highest BCUT2D eigenvalue weighted by Crippen LogP contribution is 2.40. The highest BCUT2D eigenvalue weighted by Gasteiger charge is 2.40. The number of piperidine rings is 1. The number of benzene rings is 1. The van der Waals surface area contributed by atoms with E-state index in [1.807, 2.05) is 13.8 Å². The van der Waals surface area contributed by atoms with Gasteiger partial charge < -0.3 is 9.64 Å². The maximum atomic E-state index is 13.8.